The van der Waals surface area contributed by atoms with Crippen molar-refractivity contribution < 1.29 is 4.79 Å². The molecular formula is C19H29N5O. The van der Waals surface area contributed by atoms with Gasteiger partial charge in [-0.3, -0.25) is 9.48 Å². The maximum atomic E-state index is 12.9. The van der Waals surface area contributed by atoms with Crippen LogP contribution in [0.4, 0.5) is 0 Å². The van der Waals surface area contributed by atoms with Crippen LogP contribution in [0.25, 0.3) is 0 Å². The van der Waals surface area contributed by atoms with E-state index in [4.69, 9.17) is 0 Å². The topological polar surface area (TPSA) is 56.0 Å². The number of hydrogen-bond acceptors (Lipinski definition) is 3. The third-order valence-corrected chi connectivity index (χ3v) is 5.09. The molecule has 1 aliphatic heterocycles. The van der Waals surface area contributed by atoms with Gasteiger partial charge in [-0.1, -0.05) is 0 Å². The lowest BCUT2D eigenvalue weighted by Gasteiger charge is -2.33. The third kappa shape index (κ3) is 3.62. The Kier molecular flexibility index (Phi) is 5.25. The van der Waals surface area contributed by atoms with Crippen molar-refractivity contribution in [3.05, 3.63) is 35.7 Å². The highest BCUT2D eigenvalue weighted by Crippen LogP contribution is 2.24. The Bertz CT molecular complexity index is 730. The smallest absolute Gasteiger partial charge is 0.272 e. The first-order valence-corrected chi connectivity index (χ1v) is 9.35. The number of imidazole rings is 1. The van der Waals surface area contributed by atoms with E-state index in [1.165, 1.54) is 5.69 Å². The van der Waals surface area contributed by atoms with Crippen molar-refractivity contribution >= 4 is 5.91 Å². The number of nitrogens with zero attached hydrogens (tertiary/aromatic N) is 5. The number of piperidine rings is 1. The first kappa shape index (κ1) is 17.7. The van der Waals surface area contributed by atoms with E-state index in [2.05, 4.69) is 35.4 Å². The fourth-order valence-electron chi connectivity index (χ4n) is 3.95. The van der Waals surface area contributed by atoms with E-state index in [9.17, 15) is 4.79 Å². The van der Waals surface area contributed by atoms with Crippen LogP contribution in [-0.4, -0.2) is 43.2 Å². The minimum absolute atomic E-state index is 0.104. The molecule has 3 heterocycles. The van der Waals surface area contributed by atoms with Crippen molar-refractivity contribution in [2.75, 3.05) is 13.1 Å². The lowest BCUT2D eigenvalue weighted by Crippen LogP contribution is -2.41. The predicted octanol–water partition coefficient (Wildman–Crippen LogP) is 3.08. The summed E-state index contributed by atoms with van der Waals surface area (Å²) in [6.07, 6.45) is 6.81. The molecule has 1 unspecified atom stereocenters. The number of hydrogen-bond donors (Lipinski definition) is 0. The Labute approximate surface area is 149 Å². The summed E-state index contributed by atoms with van der Waals surface area (Å²) in [4.78, 5) is 19.5. The number of carbonyl (C=O) groups is 1. The summed E-state index contributed by atoms with van der Waals surface area (Å²) in [7, 11) is 0. The standard InChI is InChI=1S/C19H29N5O/c1-5-23-17(8-9-21-23)19(25)22-10-6-7-16(13-22)11-18-20-12-15(4)24(18)14(2)3/h8-9,12,14,16H,5-7,10-11,13H2,1-4H3. The molecule has 3 rings (SSSR count). The zero-order valence-electron chi connectivity index (χ0n) is 15.8. The van der Waals surface area contributed by atoms with Crippen LogP contribution in [-0.2, 0) is 13.0 Å². The van der Waals surface area contributed by atoms with Crippen LogP contribution in [0.3, 0.4) is 0 Å². The summed E-state index contributed by atoms with van der Waals surface area (Å²) in [6.45, 7) is 10.9. The molecule has 1 aliphatic rings. The van der Waals surface area contributed by atoms with Gasteiger partial charge in [0.15, 0.2) is 0 Å². The zero-order chi connectivity index (χ0) is 18.0. The molecular weight excluding hydrogens is 314 g/mol. The van der Waals surface area contributed by atoms with E-state index in [1.54, 1.807) is 10.9 Å². The highest BCUT2D eigenvalue weighted by molar-refractivity contribution is 5.92. The van der Waals surface area contributed by atoms with E-state index in [0.717, 1.165) is 44.7 Å². The normalized spacial score (nSPS) is 18.1. The highest BCUT2D eigenvalue weighted by Gasteiger charge is 2.27. The monoisotopic (exact) mass is 343 g/mol. The molecule has 1 amide bonds. The summed E-state index contributed by atoms with van der Waals surface area (Å²) in [5.41, 5.74) is 1.91. The molecule has 0 spiro atoms. The SMILES string of the molecule is CCn1nccc1C(=O)N1CCCC(Cc2ncc(C)n2C(C)C)C1. The Morgan fingerprint density at radius 1 is 1.40 bits per heavy atom. The van der Waals surface area contributed by atoms with E-state index < -0.39 is 0 Å². The second-order valence-corrected chi connectivity index (χ2v) is 7.28. The van der Waals surface area contributed by atoms with Gasteiger partial charge in [-0.05, 0) is 52.5 Å². The molecule has 136 valence electrons. The molecule has 6 heteroatoms. The van der Waals surface area contributed by atoms with Crippen LogP contribution < -0.4 is 0 Å². The summed E-state index contributed by atoms with van der Waals surface area (Å²) >= 11 is 0. The average molecular weight is 343 g/mol. The predicted molar refractivity (Wildman–Crippen MR) is 97.6 cm³/mol. The molecule has 0 N–H and O–H groups in total. The van der Waals surface area contributed by atoms with E-state index in [1.807, 2.05) is 24.1 Å². The second-order valence-electron chi connectivity index (χ2n) is 7.28. The summed E-state index contributed by atoms with van der Waals surface area (Å²) < 4.78 is 4.09. The zero-order valence-corrected chi connectivity index (χ0v) is 15.8. The number of aromatic nitrogens is 4. The lowest BCUT2D eigenvalue weighted by atomic mass is 9.94. The van der Waals surface area contributed by atoms with E-state index in [-0.39, 0.29) is 5.91 Å². The van der Waals surface area contributed by atoms with Crippen molar-refractivity contribution in [2.45, 2.75) is 59.5 Å². The minimum Gasteiger partial charge on any atom is -0.337 e. The van der Waals surface area contributed by atoms with Gasteiger partial charge in [0.25, 0.3) is 5.91 Å². The molecule has 2 aromatic heterocycles. The summed E-state index contributed by atoms with van der Waals surface area (Å²) in [5.74, 6) is 1.72. The number of carbonyl (C=O) groups excluding carboxylic acids is 1. The van der Waals surface area contributed by atoms with Gasteiger partial charge in [-0.2, -0.15) is 5.10 Å². The molecule has 1 atom stereocenters. The van der Waals surface area contributed by atoms with Crippen molar-refractivity contribution in [1.82, 2.24) is 24.2 Å². The Balaban J connectivity index is 1.70. The van der Waals surface area contributed by atoms with Gasteiger partial charge >= 0.3 is 0 Å². The molecule has 6 nitrogen and oxygen atoms in total. The van der Waals surface area contributed by atoms with Gasteiger partial charge in [0.1, 0.15) is 11.5 Å². The minimum atomic E-state index is 0.104. The molecule has 2 aromatic rings. The molecule has 25 heavy (non-hydrogen) atoms. The fourth-order valence-corrected chi connectivity index (χ4v) is 3.95. The Hall–Kier alpha value is -2.11. The number of amides is 1. The molecule has 1 saturated heterocycles. The molecule has 0 aliphatic carbocycles. The van der Waals surface area contributed by atoms with Gasteiger partial charge in [0, 0.05) is 50.2 Å². The van der Waals surface area contributed by atoms with Crippen LogP contribution in [0, 0.1) is 12.8 Å². The lowest BCUT2D eigenvalue weighted by molar-refractivity contribution is 0.0659. The van der Waals surface area contributed by atoms with Gasteiger partial charge in [0.2, 0.25) is 0 Å². The van der Waals surface area contributed by atoms with Gasteiger partial charge < -0.3 is 9.47 Å². The Morgan fingerprint density at radius 2 is 2.20 bits per heavy atom. The van der Waals surface area contributed by atoms with Crippen molar-refractivity contribution in [3.63, 3.8) is 0 Å². The number of likely N-dealkylation sites (tertiary alicyclic amines) is 1. The molecule has 0 bridgehead atoms. The van der Waals surface area contributed by atoms with Gasteiger partial charge in [-0.15, -0.1) is 0 Å². The van der Waals surface area contributed by atoms with Crippen molar-refractivity contribution in [3.8, 4) is 0 Å². The van der Waals surface area contributed by atoms with Crippen LogP contribution in [0.2, 0.25) is 0 Å². The van der Waals surface area contributed by atoms with Crippen LogP contribution in [0.1, 0.15) is 61.7 Å². The van der Waals surface area contributed by atoms with Gasteiger partial charge in [0.05, 0.1) is 0 Å². The second kappa shape index (κ2) is 7.42. The number of aryl methyl sites for hydroxylation is 2. The quantitative estimate of drug-likeness (QED) is 0.838. The Morgan fingerprint density at radius 3 is 2.92 bits per heavy atom. The summed E-state index contributed by atoms with van der Waals surface area (Å²) in [5, 5.41) is 4.23. The first-order valence-electron chi connectivity index (χ1n) is 9.35. The van der Waals surface area contributed by atoms with Crippen LogP contribution in [0.15, 0.2) is 18.5 Å². The molecule has 1 fully saturated rings. The third-order valence-electron chi connectivity index (χ3n) is 5.09. The van der Waals surface area contributed by atoms with Crippen molar-refractivity contribution in [2.24, 2.45) is 5.92 Å². The fraction of sp³-hybridized carbons (Fsp3) is 0.632. The van der Waals surface area contributed by atoms with Crippen LogP contribution in [0.5, 0.6) is 0 Å². The molecule has 0 saturated carbocycles. The van der Waals surface area contributed by atoms with E-state index in [0.29, 0.717) is 17.7 Å². The maximum absolute atomic E-state index is 12.9. The molecule has 0 radical (unpaired) electrons. The average Bonchev–Trinajstić information content (AvgIpc) is 3.21. The molecule has 0 aromatic carbocycles. The van der Waals surface area contributed by atoms with E-state index >= 15 is 0 Å². The van der Waals surface area contributed by atoms with Gasteiger partial charge in [-0.25, -0.2) is 4.98 Å². The first-order chi connectivity index (χ1) is 12.0. The largest absolute Gasteiger partial charge is 0.337 e. The summed E-state index contributed by atoms with van der Waals surface area (Å²) in [6, 6.07) is 2.24. The number of rotatable bonds is 5. The van der Waals surface area contributed by atoms with Crippen molar-refractivity contribution in [1.29, 1.82) is 0 Å². The highest BCUT2D eigenvalue weighted by atomic mass is 16.2. The van der Waals surface area contributed by atoms with Crippen LogP contribution >= 0.6 is 0 Å². The maximum Gasteiger partial charge on any atom is 0.272 e.